The lowest BCUT2D eigenvalue weighted by atomic mass is 10.2. The average molecular weight is 293 g/mol. The zero-order valence-electron chi connectivity index (χ0n) is 9.81. The first-order chi connectivity index (χ1) is 9.16. The number of benzene rings is 2. The minimum atomic E-state index is -0.276. The number of carbonyl (C=O) groups excluding carboxylic acids is 1. The van der Waals surface area contributed by atoms with Crippen LogP contribution in [0, 0.1) is 0 Å². The number of hydrazone groups is 1. The third-order valence-corrected chi connectivity index (χ3v) is 2.93. The molecule has 3 nitrogen and oxygen atoms in total. The van der Waals surface area contributed by atoms with Crippen LogP contribution in [0.25, 0.3) is 0 Å². The normalized spacial score (nSPS) is 10.6. The molecule has 2 rings (SSSR count). The molecule has 19 heavy (non-hydrogen) atoms. The molecule has 0 aliphatic heterocycles. The van der Waals surface area contributed by atoms with Crippen molar-refractivity contribution in [2.45, 2.75) is 0 Å². The lowest BCUT2D eigenvalue weighted by Crippen LogP contribution is -2.17. The highest BCUT2D eigenvalue weighted by Crippen LogP contribution is 2.19. The van der Waals surface area contributed by atoms with E-state index in [0.29, 0.717) is 21.2 Å². The molecular formula is C14H10Cl2N2O. The summed E-state index contributed by atoms with van der Waals surface area (Å²) >= 11 is 11.8. The van der Waals surface area contributed by atoms with Gasteiger partial charge < -0.3 is 0 Å². The second-order valence-corrected chi connectivity index (χ2v) is 4.57. The van der Waals surface area contributed by atoms with E-state index in [2.05, 4.69) is 10.5 Å². The molecule has 0 fully saturated rings. The smallest absolute Gasteiger partial charge is 0.267 e. The summed E-state index contributed by atoms with van der Waals surface area (Å²) in [6.07, 6.45) is 1.47. The largest absolute Gasteiger partial charge is 0.271 e. The van der Waals surface area contributed by atoms with Crippen molar-refractivity contribution in [2.24, 2.45) is 5.10 Å². The predicted molar refractivity (Wildman–Crippen MR) is 78.0 cm³/mol. The minimum absolute atomic E-state index is 0.276. The second-order valence-electron chi connectivity index (χ2n) is 3.73. The van der Waals surface area contributed by atoms with Crippen LogP contribution in [-0.4, -0.2) is 12.1 Å². The molecule has 2 aromatic rings. The molecule has 2 aromatic carbocycles. The molecule has 1 amide bonds. The van der Waals surface area contributed by atoms with Crippen LogP contribution in [0.1, 0.15) is 15.9 Å². The van der Waals surface area contributed by atoms with Crippen molar-refractivity contribution in [1.29, 1.82) is 0 Å². The van der Waals surface area contributed by atoms with Crippen LogP contribution in [-0.2, 0) is 0 Å². The summed E-state index contributed by atoms with van der Waals surface area (Å²) in [4.78, 5) is 11.7. The van der Waals surface area contributed by atoms with Crippen LogP contribution in [0.5, 0.6) is 0 Å². The maximum atomic E-state index is 11.7. The van der Waals surface area contributed by atoms with Crippen LogP contribution in [0.3, 0.4) is 0 Å². The van der Waals surface area contributed by atoms with E-state index in [0.717, 1.165) is 0 Å². The van der Waals surface area contributed by atoms with Gasteiger partial charge in [-0.2, -0.15) is 5.10 Å². The quantitative estimate of drug-likeness (QED) is 0.679. The van der Waals surface area contributed by atoms with Gasteiger partial charge in [0.1, 0.15) is 0 Å². The Labute approximate surface area is 120 Å². The summed E-state index contributed by atoms with van der Waals surface area (Å²) in [5.74, 6) is -0.276. The number of hydrogen-bond donors (Lipinski definition) is 1. The van der Waals surface area contributed by atoms with Crippen molar-refractivity contribution in [3.8, 4) is 0 Å². The van der Waals surface area contributed by atoms with Gasteiger partial charge in [0, 0.05) is 16.1 Å². The number of hydrogen-bond acceptors (Lipinski definition) is 2. The molecule has 0 saturated heterocycles. The molecule has 0 aliphatic carbocycles. The number of amides is 1. The molecule has 0 atom stereocenters. The van der Waals surface area contributed by atoms with Crippen LogP contribution in [0.15, 0.2) is 53.6 Å². The molecule has 0 aliphatic rings. The topological polar surface area (TPSA) is 41.5 Å². The van der Waals surface area contributed by atoms with Crippen molar-refractivity contribution in [1.82, 2.24) is 5.43 Å². The highest BCUT2D eigenvalue weighted by Gasteiger charge is 2.02. The third kappa shape index (κ3) is 3.81. The third-order valence-electron chi connectivity index (χ3n) is 2.37. The summed E-state index contributed by atoms with van der Waals surface area (Å²) in [6, 6.07) is 13.9. The van der Waals surface area contributed by atoms with Crippen LogP contribution < -0.4 is 5.43 Å². The average Bonchev–Trinajstić information content (AvgIpc) is 2.42. The van der Waals surface area contributed by atoms with E-state index in [-0.39, 0.29) is 5.91 Å². The molecule has 0 unspecified atom stereocenters. The standard InChI is InChI=1S/C14H10Cl2N2O/c15-12-7-6-11(13(16)8-12)9-17-18-14(19)10-4-2-1-3-5-10/h1-9H,(H,18,19)/b17-9-. The van der Waals surface area contributed by atoms with Gasteiger partial charge in [0.15, 0.2) is 0 Å². The first-order valence-electron chi connectivity index (χ1n) is 5.50. The van der Waals surface area contributed by atoms with Gasteiger partial charge in [0.2, 0.25) is 0 Å². The Morgan fingerprint density at radius 2 is 1.84 bits per heavy atom. The van der Waals surface area contributed by atoms with Crippen LogP contribution in [0.4, 0.5) is 0 Å². The predicted octanol–water partition coefficient (Wildman–Crippen LogP) is 3.76. The Bertz CT molecular complexity index is 612. The van der Waals surface area contributed by atoms with Gasteiger partial charge in [-0.15, -0.1) is 0 Å². The lowest BCUT2D eigenvalue weighted by molar-refractivity contribution is 0.0955. The summed E-state index contributed by atoms with van der Waals surface area (Å²) in [5.41, 5.74) is 3.65. The van der Waals surface area contributed by atoms with E-state index in [1.54, 1.807) is 42.5 Å². The summed E-state index contributed by atoms with van der Waals surface area (Å²) < 4.78 is 0. The van der Waals surface area contributed by atoms with Crippen molar-refractivity contribution in [2.75, 3.05) is 0 Å². The highest BCUT2D eigenvalue weighted by atomic mass is 35.5. The fourth-order valence-corrected chi connectivity index (χ4v) is 1.88. The van der Waals surface area contributed by atoms with E-state index in [4.69, 9.17) is 23.2 Å². The number of nitrogens with zero attached hydrogens (tertiary/aromatic N) is 1. The van der Waals surface area contributed by atoms with Crippen molar-refractivity contribution < 1.29 is 4.79 Å². The van der Waals surface area contributed by atoms with Gasteiger partial charge >= 0.3 is 0 Å². The van der Waals surface area contributed by atoms with Gasteiger partial charge in [-0.05, 0) is 24.3 Å². The number of halogens is 2. The first-order valence-corrected chi connectivity index (χ1v) is 6.26. The molecule has 0 aromatic heterocycles. The molecule has 1 N–H and O–H groups in total. The fraction of sp³-hybridized carbons (Fsp3) is 0. The Hall–Kier alpha value is -1.84. The summed E-state index contributed by atoms with van der Waals surface area (Å²) in [5, 5.41) is 4.88. The second kappa shape index (κ2) is 6.36. The van der Waals surface area contributed by atoms with Gasteiger partial charge in [0.25, 0.3) is 5.91 Å². The first kappa shape index (κ1) is 13.6. The Morgan fingerprint density at radius 3 is 2.53 bits per heavy atom. The van der Waals surface area contributed by atoms with Crippen molar-refractivity contribution >= 4 is 35.3 Å². The Balaban J connectivity index is 2.02. The summed E-state index contributed by atoms with van der Waals surface area (Å²) in [6.45, 7) is 0. The highest BCUT2D eigenvalue weighted by molar-refractivity contribution is 6.36. The lowest BCUT2D eigenvalue weighted by Gasteiger charge is -2.00. The molecular weight excluding hydrogens is 283 g/mol. The fourth-order valence-electron chi connectivity index (χ4n) is 1.42. The van der Waals surface area contributed by atoms with Crippen LogP contribution in [0.2, 0.25) is 10.0 Å². The molecule has 0 spiro atoms. The van der Waals surface area contributed by atoms with Gasteiger partial charge in [-0.1, -0.05) is 47.5 Å². The number of nitrogens with one attached hydrogen (secondary N) is 1. The number of rotatable bonds is 3. The van der Waals surface area contributed by atoms with Crippen molar-refractivity contribution in [3.63, 3.8) is 0 Å². The maximum absolute atomic E-state index is 11.7. The molecule has 0 saturated carbocycles. The summed E-state index contributed by atoms with van der Waals surface area (Å²) in [7, 11) is 0. The monoisotopic (exact) mass is 292 g/mol. The van der Waals surface area contributed by atoms with E-state index >= 15 is 0 Å². The maximum Gasteiger partial charge on any atom is 0.271 e. The van der Waals surface area contributed by atoms with E-state index in [1.807, 2.05) is 6.07 Å². The molecule has 5 heteroatoms. The van der Waals surface area contributed by atoms with Crippen molar-refractivity contribution in [3.05, 3.63) is 69.7 Å². The van der Waals surface area contributed by atoms with E-state index in [9.17, 15) is 4.79 Å². The minimum Gasteiger partial charge on any atom is -0.267 e. The molecule has 0 bridgehead atoms. The molecule has 0 radical (unpaired) electrons. The van der Waals surface area contributed by atoms with E-state index < -0.39 is 0 Å². The SMILES string of the molecule is O=C(N/N=C\c1ccc(Cl)cc1Cl)c1ccccc1. The van der Waals surface area contributed by atoms with Gasteiger partial charge in [-0.3, -0.25) is 4.79 Å². The Kier molecular flexibility index (Phi) is 4.55. The van der Waals surface area contributed by atoms with E-state index in [1.165, 1.54) is 6.21 Å². The van der Waals surface area contributed by atoms with Gasteiger partial charge in [-0.25, -0.2) is 5.43 Å². The van der Waals surface area contributed by atoms with Gasteiger partial charge in [0.05, 0.1) is 11.2 Å². The number of carbonyl (C=O) groups is 1. The molecule has 96 valence electrons. The molecule has 0 heterocycles. The zero-order chi connectivity index (χ0) is 13.7. The Morgan fingerprint density at radius 1 is 1.11 bits per heavy atom. The van der Waals surface area contributed by atoms with Crippen LogP contribution >= 0.6 is 23.2 Å². The zero-order valence-corrected chi connectivity index (χ0v) is 11.3.